The van der Waals surface area contributed by atoms with Gasteiger partial charge in [-0.15, -0.1) is 0 Å². The van der Waals surface area contributed by atoms with Crippen molar-refractivity contribution in [3.05, 3.63) is 53.6 Å². The maximum Gasteiger partial charge on any atom is 0.257 e. The molecule has 1 aromatic carbocycles. The number of piperidine rings is 1. The summed E-state index contributed by atoms with van der Waals surface area (Å²) in [6.45, 7) is 6.20. The molecule has 1 fully saturated rings. The van der Waals surface area contributed by atoms with E-state index >= 15 is 0 Å². The standard InChI is InChI=1S/C20H25N3O2/c1-3-19-21-11-17(12-22-19)20(24)23-10-6-8-16(13-23)14-25-18-9-5-4-7-15(18)2/h4-5,7,9,11-12,16H,3,6,8,10,13-14H2,1-2H3/t16-/m1/s1. The number of nitrogens with zero attached hydrogens (tertiary/aromatic N) is 3. The third-order valence-electron chi connectivity index (χ3n) is 4.64. The van der Waals surface area contributed by atoms with Crippen molar-refractivity contribution < 1.29 is 9.53 Å². The summed E-state index contributed by atoms with van der Waals surface area (Å²) < 4.78 is 5.98. The third-order valence-corrected chi connectivity index (χ3v) is 4.64. The molecule has 1 aromatic heterocycles. The maximum atomic E-state index is 12.7. The van der Waals surface area contributed by atoms with E-state index in [2.05, 4.69) is 9.97 Å². The molecular weight excluding hydrogens is 314 g/mol. The maximum absolute atomic E-state index is 12.7. The molecule has 1 aliphatic heterocycles. The molecule has 5 heteroatoms. The predicted octanol–water partition coefficient (Wildman–Crippen LogP) is 3.28. The van der Waals surface area contributed by atoms with E-state index in [1.807, 2.05) is 43.0 Å². The number of carbonyl (C=O) groups is 1. The predicted molar refractivity (Wildman–Crippen MR) is 96.7 cm³/mol. The summed E-state index contributed by atoms with van der Waals surface area (Å²) in [7, 11) is 0. The van der Waals surface area contributed by atoms with Crippen molar-refractivity contribution in [2.45, 2.75) is 33.1 Å². The largest absolute Gasteiger partial charge is 0.493 e. The lowest BCUT2D eigenvalue weighted by molar-refractivity contribution is 0.0632. The van der Waals surface area contributed by atoms with E-state index in [-0.39, 0.29) is 5.91 Å². The molecule has 1 atom stereocenters. The van der Waals surface area contributed by atoms with E-state index in [1.54, 1.807) is 12.4 Å². The molecule has 3 rings (SSSR count). The van der Waals surface area contributed by atoms with Crippen LogP contribution >= 0.6 is 0 Å². The van der Waals surface area contributed by atoms with Gasteiger partial charge in [0.25, 0.3) is 5.91 Å². The van der Waals surface area contributed by atoms with Crippen LogP contribution in [-0.2, 0) is 6.42 Å². The van der Waals surface area contributed by atoms with Crippen LogP contribution in [0.3, 0.4) is 0 Å². The Morgan fingerprint density at radius 3 is 2.76 bits per heavy atom. The highest BCUT2D eigenvalue weighted by molar-refractivity contribution is 5.93. The molecule has 0 bridgehead atoms. The van der Waals surface area contributed by atoms with Crippen molar-refractivity contribution >= 4 is 5.91 Å². The summed E-state index contributed by atoms with van der Waals surface area (Å²) in [5, 5.41) is 0. The van der Waals surface area contributed by atoms with Gasteiger partial charge in [0.2, 0.25) is 0 Å². The van der Waals surface area contributed by atoms with Crippen LogP contribution < -0.4 is 4.74 Å². The summed E-state index contributed by atoms with van der Waals surface area (Å²) in [5.74, 6) is 2.06. The van der Waals surface area contributed by atoms with Gasteiger partial charge in [0.1, 0.15) is 11.6 Å². The van der Waals surface area contributed by atoms with Gasteiger partial charge in [-0.1, -0.05) is 25.1 Å². The first-order chi connectivity index (χ1) is 12.2. The van der Waals surface area contributed by atoms with Crippen molar-refractivity contribution in [1.29, 1.82) is 0 Å². The highest BCUT2D eigenvalue weighted by atomic mass is 16.5. The molecule has 1 aliphatic rings. The number of rotatable bonds is 5. The molecule has 0 N–H and O–H groups in total. The Kier molecular flexibility index (Phi) is 5.64. The van der Waals surface area contributed by atoms with Gasteiger partial charge in [-0.25, -0.2) is 9.97 Å². The van der Waals surface area contributed by atoms with E-state index in [1.165, 1.54) is 0 Å². The van der Waals surface area contributed by atoms with E-state index in [0.717, 1.165) is 49.5 Å². The normalized spacial score (nSPS) is 17.4. The molecular formula is C20H25N3O2. The molecule has 5 nitrogen and oxygen atoms in total. The van der Waals surface area contributed by atoms with Crippen molar-refractivity contribution in [3.8, 4) is 5.75 Å². The van der Waals surface area contributed by atoms with Crippen LogP contribution in [-0.4, -0.2) is 40.5 Å². The first-order valence-electron chi connectivity index (χ1n) is 8.96. The molecule has 1 amide bonds. The Balaban J connectivity index is 1.58. The van der Waals surface area contributed by atoms with Gasteiger partial charge in [0, 0.05) is 37.8 Å². The Morgan fingerprint density at radius 1 is 1.28 bits per heavy atom. The summed E-state index contributed by atoms with van der Waals surface area (Å²) >= 11 is 0. The molecule has 0 aliphatic carbocycles. The third kappa shape index (κ3) is 4.35. The van der Waals surface area contributed by atoms with Gasteiger partial charge in [-0.05, 0) is 31.4 Å². The van der Waals surface area contributed by atoms with Gasteiger partial charge in [-0.3, -0.25) is 4.79 Å². The molecule has 0 saturated carbocycles. The van der Waals surface area contributed by atoms with Gasteiger partial charge in [0.05, 0.1) is 12.2 Å². The van der Waals surface area contributed by atoms with Gasteiger partial charge in [-0.2, -0.15) is 0 Å². The van der Waals surface area contributed by atoms with Crippen molar-refractivity contribution in [2.24, 2.45) is 5.92 Å². The van der Waals surface area contributed by atoms with E-state index in [4.69, 9.17) is 4.74 Å². The minimum atomic E-state index is 0.0169. The second kappa shape index (κ2) is 8.10. The van der Waals surface area contributed by atoms with Gasteiger partial charge in [0.15, 0.2) is 0 Å². The van der Waals surface area contributed by atoms with Gasteiger partial charge < -0.3 is 9.64 Å². The number of amides is 1. The smallest absolute Gasteiger partial charge is 0.257 e. The summed E-state index contributed by atoms with van der Waals surface area (Å²) in [6, 6.07) is 8.04. The first kappa shape index (κ1) is 17.4. The van der Waals surface area contributed by atoms with E-state index in [9.17, 15) is 4.79 Å². The number of ether oxygens (including phenoxy) is 1. The lowest BCUT2D eigenvalue weighted by Gasteiger charge is -2.32. The SMILES string of the molecule is CCc1ncc(C(=O)N2CCC[C@@H](COc3ccccc3C)C2)cn1. The zero-order chi connectivity index (χ0) is 17.6. The second-order valence-electron chi connectivity index (χ2n) is 6.58. The highest BCUT2D eigenvalue weighted by Crippen LogP contribution is 2.22. The first-order valence-corrected chi connectivity index (χ1v) is 8.96. The minimum Gasteiger partial charge on any atom is -0.493 e. The lowest BCUT2D eigenvalue weighted by atomic mass is 9.98. The molecule has 132 valence electrons. The number of aryl methyl sites for hydroxylation is 2. The fourth-order valence-corrected chi connectivity index (χ4v) is 3.14. The summed E-state index contributed by atoms with van der Waals surface area (Å²) in [4.78, 5) is 23.0. The van der Waals surface area contributed by atoms with Crippen LogP contribution in [0.4, 0.5) is 0 Å². The number of aromatic nitrogens is 2. The molecule has 2 heterocycles. The number of hydrogen-bond acceptors (Lipinski definition) is 4. The molecule has 0 radical (unpaired) electrons. The summed E-state index contributed by atoms with van der Waals surface area (Å²) in [6.07, 6.45) is 6.14. The van der Waals surface area contributed by atoms with Crippen molar-refractivity contribution in [3.63, 3.8) is 0 Å². The number of benzene rings is 1. The number of para-hydroxylation sites is 1. The number of hydrogen-bond donors (Lipinski definition) is 0. The molecule has 0 unspecified atom stereocenters. The topological polar surface area (TPSA) is 55.3 Å². The molecule has 0 spiro atoms. The zero-order valence-corrected chi connectivity index (χ0v) is 14.9. The fraction of sp³-hybridized carbons (Fsp3) is 0.450. The number of carbonyl (C=O) groups excluding carboxylic acids is 1. The summed E-state index contributed by atoms with van der Waals surface area (Å²) in [5.41, 5.74) is 1.71. The van der Waals surface area contributed by atoms with Crippen molar-refractivity contribution in [1.82, 2.24) is 14.9 Å². The van der Waals surface area contributed by atoms with Gasteiger partial charge >= 0.3 is 0 Å². The average molecular weight is 339 g/mol. The fourth-order valence-electron chi connectivity index (χ4n) is 3.14. The Bertz CT molecular complexity index is 715. The molecule has 25 heavy (non-hydrogen) atoms. The Morgan fingerprint density at radius 2 is 2.04 bits per heavy atom. The monoisotopic (exact) mass is 339 g/mol. The van der Waals surface area contributed by atoms with E-state index in [0.29, 0.717) is 18.1 Å². The second-order valence-corrected chi connectivity index (χ2v) is 6.58. The molecule has 1 saturated heterocycles. The molecule has 2 aromatic rings. The van der Waals surface area contributed by atoms with Crippen LogP contribution in [0.1, 0.15) is 41.5 Å². The average Bonchev–Trinajstić information content (AvgIpc) is 2.67. The van der Waals surface area contributed by atoms with Crippen LogP contribution in [0.5, 0.6) is 5.75 Å². The Hall–Kier alpha value is -2.43. The van der Waals surface area contributed by atoms with Crippen LogP contribution in [0.15, 0.2) is 36.7 Å². The van der Waals surface area contributed by atoms with Crippen LogP contribution in [0.25, 0.3) is 0 Å². The lowest BCUT2D eigenvalue weighted by Crippen LogP contribution is -2.41. The Labute approximate surface area is 149 Å². The zero-order valence-electron chi connectivity index (χ0n) is 14.9. The van der Waals surface area contributed by atoms with Crippen LogP contribution in [0, 0.1) is 12.8 Å². The highest BCUT2D eigenvalue weighted by Gasteiger charge is 2.25. The van der Waals surface area contributed by atoms with Crippen molar-refractivity contribution in [2.75, 3.05) is 19.7 Å². The quantitative estimate of drug-likeness (QED) is 0.839. The van der Waals surface area contributed by atoms with Crippen LogP contribution in [0.2, 0.25) is 0 Å². The number of likely N-dealkylation sites (tertiary alicyclic amines) is 1. The van der Waals surface area contributed by atoms with E-state index < -0.39 is 0 Å². The minimum absolute atomic E-state index is 0.0169.